The molecule has 0 aliphatic rings. The highest BCUT2D eigenvalue weighted by atomic mass is 16.5. The molecule has 6 nitrogen and oxygen atoms in total. The van der Waals surface area contributed by atoms with E-state index in [0.29, 0.717) is 18.3 Å². The highest BCUT2D eigenvalue weighted by molar-refractivity contribution is 5.75. The summed E-state index contributed by atoms with van der Waals surface area (Å²) < 4.78 is 5.26. The number of rotatable bonds is 8. The number of hydrogen-bond donors (Lipinski definition) is 1. The molecule has 2 N–H and O–H groups in total. The Labute approximate surface area is 123 Å². The van der Waals surface area contributed by atoms with E-state index in [1.54, 1.807) is 0 Å². The lowest BCUT2D eigenvalue weighted by Gasteiger charge is -2.18. The molecule has 0 saturated carbocycles. The van der Waals surface area contributed by atoms with Gasteiger partial charge < -0.3 is 10.3 Å². The second-order valence-electron chi connectivity index (χ2n) is 4.91. The first-order chi connectivity index (χ1) is 10.2. The summed E-state index contributed by atoms with van der Waals surface area (Å²) in [6.45, 7) is 3.55. The lowest BCUT2D eigenvalue weighted by Crippen LogP contribution is -2.34. The second-order valence-corrected chi connectivity index (χ2v) is 4.91. The van der Waals surface area contributed by atoms with Gasteiger partial charge in [-0.1, -0.05) is 36.7 Å². The zero-order valence-electron chi connectivity index (χ0n) is 12.2. The van der Waals surface area contributed by atoms with Crippen LogP contribution in [0.3, 0.4) is 0 Å². The summed E-state index contributed by atoms with van der Waals surface area (Å²) in [5.74, 6) is 0.698. The molecule has 2 aromatic rings. The number of hydrogen-bond acceptors (Lipinski definition) is 5. The van der Waals surface area contributed by atoms with Gasteiger partial charge in [-0.05, 0) is 25.1 Å². The number of primary amides is 1. The van der Waals surface area contributed by atoms with Crippen LogP contribution in [-0.2, 0) is 11.3 Å². The van der Waals surface area contributed by atoms with Crippen molar-refractivity contribution in [3.05, 3.63) is 36.2 Å². The average molecular weight is 288 g/mol. The Balaban J connectivity index is 2.03. The average Bonchev–Trinajstić information content (AvgIpc) is 2.93. The van der Waals surface area contributed by atoms with Gasteiger partial charge in [-0.3, -0.25) is 9.69 Å². The molecule has 0 unspecified atom stereocenters. The number of nitrogens with two attached hydrogens (primary N) is 1. The fraction of sp³-hybridized carbons (Fsp3) is 0.400. The third-order valence-corrected chi connectivity index (χ3v) is 3.06. The van der Waals surface area contributed by atoms with Gasteiger partial charge in [-0.15, -0.1) is 0 Å². The minimum Gasteiger partial charge on any atom is -0.369 e. The van der Waals surface area contributed by atoms with E-state index in [9.17, 15) is 4.79 Å². The summed E-state index contributed by atoms with van der Waals surface area (Å²) in [5, 5.41) is 3.97. The lowest BCUT2D eigenvalue weighted by molar-refractivity contribution is -0.119. The quantitative estimate of drug-likeness (QED) is 0.801. The third-order valence-electron chi connectivity index (χ3n) is 3.06. The summed E-state index contributed by atoms with van der Waals surface area (Å²) >= 11 is 0. The molecule has 0 saturated heterocycles. The lowest BCUT2D eigenvalue weighted by atomic mass is 10.2. The molecule has 0 fully saturated rings. The monoisotopic (exact) mass is 288 g/mol. The van der Waals surface area contributed by atoms with Crippen LogP contribution in [0.4, 0.5) is 0 Å². The van der Waals surface area contributed by atoms with Gasteiger partial charge in [-0.25, -0.2) is 0 Å². The molecule has 21 heavy (non-hydrogen) atoms. The first-order valence-corrected chi connectivity index (χ1v) is 7.07. The topological polar surface area (TPSA) is 85.2 Å². The normalized spacial score (nSPS) is 11.0. The number of carbonyl (C=O) groups excluding carboxylic acids is 1. The van der Waals surface area contributed by atoms with Gasteiger partial charge in [0.2, 0.25) is 5.91 Å². The highest BCUT2D eigenvalue weighted by Gasteiger charge is 2.14. The standard InChI is InChI=1S/C15H20N4O2/c1-2-3-9-19(10-13(16)20)11-14-17-15(21-18-14)12-7-5-4-6-8-12/h4-8H,2-3,9-11H2,1H3,(H2,16,20). The summed E-state index contributed by atoms with van der Waals surface area (Å²) in [7, 11) is 0. The molecule has 0 atom stereocenters. The van der Waals surface area contributed by atoms with Crippen LogP contribution >= 0.6 is 0 Å². The maximum absolute atomic E-state index is 11.1. The predicted octanol–water partition coefficient (Wildman–Crippen LogP) is 1.82. The van der Waals surface area contributed by atoms with Crippen molar-refractivity contribution in [3.63, 3.8) is 0 Å². The van der Waals surface area contributed by atoms with Gasteiger partial charge in [0.05, 0.1) is 13.1 Å². The number of carbonyl (C=O) groups is 1. The van der Waals surface area contributed by atoms with Crippen molar-refractivity contribution in [3.8, 4) is 11.5 Å². The van der Waals surface area contributed by atoms with E-state index in [1.165, 1.54) is 0 Å². The number of unbranched alkanes of at least 4 members (excludes halogenated alkanes) is 1. The number of nitrogens with zero attached hydrogens (tertiary/aromatic N) is 3. The van der Waals surface area contributed by atoms with Crippen molar-refractivity contribution < 1.29 is 9.32 Å². The third kappa shape index (κ3) is 4.68. The smallest absolute Gasteiger partial charge is 0.257 e. The summed E-state index contributed by atoms with van der Waals surface area (Å²) in [6.07, 6.45) is 2.05. The van der Waals surface area contributed by atoms with Crippen LogP contribution in [0.15, 0.2) is 34.9 Å². The zero-order chi connectivity index (χ0) is 15.1. The van der Waals surface area contributed by atoms with Crippen molar-refractivity contribution in [1.82, 2.24) is 15.0 Å². The molecule has 0 spiro atoms. The molecule has 1 aromatic heterocycles. The van der Waals surface area contributed by atoms with E-state index in [2.05, 4.69) is 17.1 Å². The van der Waals surface area contributed by atoms with E-state index < -0.39 is 0 Å². The first-order valence-electron chi connectivity index (χ1n) is 7.07. The van der Waals surface area contributed by atoms with Crippen LogP contribution in [0.25, 0.3) is 11.5 Å². The fourth-order valence-corrected chi connectivity index (χ4v) is 2.03. The molecule has 6 heteroatoms. The van der Waals surface area contributed by atoms with E-state index in [4.69, 9.17) is 10.3 Å². The van der Waals surface area contributed by atoms with Crippen LogP contribution in [0.2, 0.25) is 0 Å². The number of amides is 1. The van der Waals surface area contributed by atoms with Gasteiger partial charge >= 0.3 is 0 Å². The van der Waals surface area contributed by atoms with Gasteiger partial charge in [0.15, 0.2) is 5.82 Å². The minimum absolute atomic E-state index is 0.204. The Hall–Kier alpha value is -2.21. The zero-order valence-corrected chi connectivity index (χ0v) is 12.2. The van der Waals surface area contributed by atoms with E-state index in [0.717, 1.165) is 24.9 Å². The van der Waals surface area contributed by atoms with Gasteiger partial charge in [0.25, 0.3) is 5.89 Å². The van der Waals surface area contributed by atoms with E-state index in [1.807, 2.05) is 35.2 Å². The maximum Gasteiger partial charge on any atom is 0.257 e. The number of benzene rings is 1. The Kier molecular flexibility index (Phi) is 5.45. The van der Waals surface area contributed by atoms with Crippen LogP contribution in [0, 0.1) is 0 Å². The Morgan fingerprint density at radius 1 is 1.33 bits per heavy atom. The molecule has 112 valence electrons. The Bertz CT molecular complexity index is 568. The molecule has 0 radical (unpaired) electrons. The van der Waals surface area contributed by atoms with Crippen molar-refractivity contribution in [2.24, 2.45) is 5.73 Å². The highest BCUT2D eigenvalue weighted by Crippen LogP contribution is 2.16. The molecule has 1 aromatic carbocycles. The van der Waals surface area contributed by atoms with Crippen molar-refractivity contribution in [1.29, 1.82) is 0 Å². The van der Waals surface area contributed by atoms with Crippen molar-refractivity contribution >= 4 is 5.91 Å². The minimum atomic E-state index is -0.349. The van der Waals surface area contributed by atoms with Gasteiger partial charge in [0, 0.05) is 5.56 Å². The molecule has 0 bridgehead atoms. The van der Waals surface area contributed by atoms with E-state index >= 15 is 0 Å². The van der Waals surface area contributed by atoms with Crippen LogP contribution in [0.1, 0.15) is 25.6 Å². The fourth-order valence-electron chi connectivity index (χ4n) is 2.03. The maximum atomic E-state index is 11.1. The first kappa shape index (κ1) is 15.2. The van der Waals surface area contributed by atoms with Crippen molar-refractivity contribution in [2.75, 3.05) is 13.1 Å². The summed E-state index contributed by atoms with van der Waals surface area (Å²) in [5.41, 5.74) is 6.15. The molecule has 0 aliphatic heterocycles. The number of aromatic nitrogens is 2. The molecule has 0 aliphatic carbocycles. The van der Waals surface area contributed by atoms with Gasteiger partial charge in [0.1, 0.15) is 0 Å². The Morgan fingerprint density at radius 3 is 2.76 bits per heavy atom. The van der Waals surface area contributed by atoms with E-state index in [-0.39, 0.29) is 12.5 Å². The molecular formula is C15H20N4O2. The Morgan fingerprint density at radius 2 is 2.10 bits per heavy atom. The second kappa shape index (κ2) is 7.54. The summed E-state index contributed by atoms with van der Waals surface area (Å²) in [4.78, 5) is 17.4. The molecule has 2 rings (SSSR count). The molecule has 1 amide bonds. The predicted molar refractivity (Wildman–Crippen MR) is 79.1 cm³/mol. The SMILES string of the molecule is CCCCN(CC(N)=O)Cc1noc(-c2ccccc2)n1. The van der Waals surface area contributed by atoms with Crippen molar-refractivity contribution in [2.45, 2.75) is 26.3 Å². The van der Waals surface area contributed by atoms with Crippen LogP contribution in [0.5, 0.6) is 0 Å². The molecular weight excluding hydrogens is 268 g/mol. The van der Waals surface area contributed by atoms with Gasteiger partial charge in [-0.2, -0.15) is 4.98 Å². The summed E-state index contributed by atoms with van der Waals surface area (Å²) in [6, 6.07) is 9.59. The largest absolute Gasteiger partial charge is 0.369 e. The van der Waals surface area contributed by atoms with Crippen LogP contribution < -0.4 is 5.73 Å². The van der Waals surface area contributed by atoms with Crippen LogP contribution in [-0.4, -0.2) is 34.0 Å². The molecule has 1 heterocycles.